The summed E-state index contributed by atoms with van der Waals surface area (Å²) in [5.74, 6) is -0.879. The van der Waals surface area contributed by atoms with Crippen molar-refractivity contribution < 1.29 is 13.2 Å². The molecule has 0 aliphatic heterocycles. The minimum atomic E-state index is -4.13. The molecule has 0 saturated heterocycles. The molecule has 0 atom stereocenters. The molecule has 0 aliphatic carbocycles. The van der Waals surface area contributed by atoms with Crippen LogP contribution in [0.4, 0.5) is 18.9 Å². The average Bonchev–Trinajstić information content (AvgIpc) is 2.06. The number of thioether (sulfide) groups is 1. The lowest BCUT2D eigenvalue weighted by Crippen LogP contribution is -2.10. The summed E-state index contributed by atoms with van der Waals surface area (Å²) in [5, 5.41) is 0. The van der Waals surface area contributed by atoms with Crippen molar-refractivity contribution in [3.05, 3.63) is 23.8 Å². The zero-order chi connectivity index (χ0) is 10.8. The van der Waals surface area contributed by atoms with Gasteiger partial charge in [0.2, 0.25) is 0 Å². The third-order valence-electron chi connectivity index (χ3n) is 1.65. The van der Waals surface area contributed by atoms with Crippen molar-refractivity contribution in [3.63, 3.8) is 0 Å². The van der Waals surface area contributed by atoms with Crippen LogP contribution in [0.25, 0.3) is 0 Å². The third-order valence-corrected chi connectivity index (χ3v) is 2.71. The molecule has 1 aromatic rings. The van der Waals surface area contributed by atoms with Gasteiger partial charge >= 0.3 is 6.18 Å². The van der Waals surface area contributed by atoms with Gasteiger partial charge in [0.15, 0.2) is 0 Å². The Morgan fingerprint density at radius 1 is 1.36 bits per heavy atom. The highest BCUT2D eigenvalue weighted by Gasteiger charge is 2.27. The summed E-state index contributed by atoms with van der Waals surface area (Å²) >= 11 is 0.745. The van der Waals surface area contributed by atoms with Crippen molar-refractivity contribution >= 4 is 17.4 Å². The summed E-state index contributed by atoms with van der Waals surface area (Å²) in [6.07, 6.45) is -4.13. The topological polar surface area (TPSA) is 26.0 Å². The van der Waals surface area contributed by atoms with Crippen LogP contribution in [0.3, 0.4) is 0 Å². The summed E-state index contributed by atoms with van der Waals surface area (Å²) in [5.41, 5.74) is 6.97. The summed E-state index contributed by atoms with van der Waals surface area (Å²) in [4.78, 5) is 0.547. The lowest BCUT2D eigenvalue weighted by atomic mass is 10.2. The Bertz CT molecular complexity index is 322. The fourth-order valence-corrected chi connectivity index (χ4v) is 1.58. The van der Waals surface area contributed by atoms with E-state index in [0.29, 0.717) is 10.6 Å². The van der Waals surface area contributed by atoms with Gasteiger partial charge in [0.1, 0.15) is 0 Å². The van der Waals surface area contributed by atoms with E-state index in [1.54, 1.807) is 18.2 Å². The zero-order valence-electron chi connectivity index (χ0n) is 7.56. The maximum absolute atomic E-state index is 11.9. The number of hydrogen-bond acceptors (Lipinski definition) is 2. The second kappa shape index (κ2) is 4.13. The van der Waals surface area contributed by atoms with Gasteiger partial charge in [-0.25, -0.2) is 0 Å². The first kappa shape index (κ1) is 11.2. The Kier molecular flexibility index (Phi) is 3.31. The molecule has 14 heavy (non-hydrogen) atoms. The highest BCUT2D eigenvalue weighted by atomic mass is 32.2. The normalized spacial score (nSPS) is 11.7. The van der Waals surface area contributed by atoms with Gasteiger partial charge in [-0.2, -0.15) is 13.2 Å². The summed E-state index contributed by atoms with van der Waals surface area (Å²) in [6, 6.07) is 4.92. The van der Waals surface area contributed by atoms with Crippen LogP contribution < -0.4 is 5.73 Å². The number of halogens is 3. The molecule has 0 aliphatic rings. The van der Waals surface area contributed by atoms with Crippen LogP contribution in [0.15, 0.2) is 23.1 Å². The number of rotatable bonds is 2. The van der Waals surface area contributed by atoms with E-state index in [2.05, 4.69) is 0 Å². The lowest BCUT2D eigenvalue weighted by molar-refractivity contribution is -0.105. The first-order valence-electron chi connectivity index (χ1n) is 3.94. The molecule has 1 nitrogen and oxygen atoms in total. The van der Waals surface area contributed by atoms with E-state index in [4.69, 9.17) is 5.73 Å². The number of nitrogens with two attached hydrogens (primary N) is 1. The van der Waals surface area contributed by atoms with E-state index < -0.39 is 11.9 Å². The first-order valence-corrected chi connectivity index (χ1v) is 4.93. The largest absolute Gasteiger partial charge is 0.398 e. The molecular weight excluding hydrogens is 211 g/mol. The van der Waals surface area contributed by atoms with Crippen molar-refractivity contribution in [2.75, 3.05) is 11.5 Å². The first-order chi connectivity index (χ1) is 6.38. The van der Waals surface area contributed by atoms with Crippen molar-refractivity contribution in [2.24, 2.45) is 0 Å². The van der Waals surface area contributed by atoms with Crippen molar-refractivity contribution in [1.29, 1.82) is 0 Å². The second-order valence-corrected chi connectivity index (χ2v) is 3.97. The molecule has 0 spiro atoms. The Morgan fingerprint density at radius 2 is 2.00 bits per heavy atom. The number of hydrogen-bond donors (Lipinski definition) is 1. The van der Waals surface area contributed by atoms with Gasteiger partial charge in [-0.15, -0.1) is 11.8 Å². The van der Waals surface area contributed by atoms with Gasteiger partial charge < -0.3 is 5.73 Å². The van der Waals surface area contributed by atoms with Crippen LogP contribution in [-0.4, -0.2) is 11.9 Å². The van der Waals surface area contributed by atoms with Gasteiger partial charge in [0.05, 0.1) is 5.75 Å². The van der Waals surface area contributed by atoms with E-state index in [9.17, 15) is 13.2 Å². The SMILES string of the molecule is Cc1ccc(SCC(F)(F)F)cc1N. The summed E-state index contributed by atoms with van der Waals surface area (Å²) in [7, 11) is 0. The highest BCUT2D eigenvalue weighted by Crippen LogP contribution is 2.28. The Labute approximate surface area is 84.5 Å². The van der Waals surface area contributed by atoms with Crippen LogP contribution in [0.1, 0.15) is 5.56 Å². The zero-order valence-corrected chi connectivity index (χ0v) is 8.38. The van der Waals surface area contributed by atoms with Crippen molar-refractivity contribution in [1.82, 2.24) is 0 Å². The van der Waals surface area contributed by atoms with Gasteiger partial charge in [-0.05, 0) is 24.6 Å². The monoisotopic (exact) mass is 221 g/mol. The second-order valence-electron chi connectivity index (χ2n) is 2.92. The number of anilines is 1. The van der Waals surface area contributed by atoms with Gasteiger partial charge in [-0.3, -0.25) is 0 Å². The Morgan fingerprint density at radius 3 is 2.50 bits per heavy atom. The summed E-state index contributed by atoms with van der Waals surface area (Å²) in [6.45, 7) is 1.81. The lowest BCUT2D eigenvalue weighted by Gasteiger charge is -2.07. The minimum Gasteiger partial charge on any atom is -0.398 e. The van der Waals surface area contributed by atoms with Gasteiger partial charge in [-0.1, -0.05) is 6.07 Å². The Balaban J connectivity index is 2.65. The van der Waals surface area contributed by atoms with E-state index in [1.165, 1.54) is 0 Å². The molecule has 5 heteroatoms. The standard InChI is InChI=1S/C9H10F3NS/c1-6-2-3-7(4-8(6)13)14-5-9(10,11)12/h2-4H,5,13H2,1H3. The van der Waals surface area contributed by atoms with Gasteiger partial charge in [0, 0.05) is 10.6 Å². The quantitative estimate of drug-likeness (QED) is 0.613. The number of benzene rings is 1. The van der Waals surface area contributed by atoms with Crippen LogP contribution in [0.2, 0.25) is 0 Å². The smallest absolute Gasteiger partial charge is 0.398 e. The number of alkyl halides is 3. The maximum Gasteiger partial charge on any atom is 0.398 e. The third kappa shape index (κ3) is 3.49. The maximum atomic E-state index is 11.9. The fraction of sp³-hybridized carbons (Fsp3) is 0.333. The molecule has 0 radical (unpaired) electrons. The van der Waals surface area contributed by atoms with Crippen LogP contribution in [-0.2, 0) is 0 Å². The molecule has 0 aromatic heterocycles. The summed E-state index contributed by atoms with van der Waals surface area (Å²) < 4.78 is 35.6. The molecule has 0 bridgehead atoms. The molecule has 1 rings (SSSR count). The predicted molar refractivity (Wildman–Crippen MR) is 52.4 cm³/mol. The fourth-order valence-electron chi connectivity index (χ4n) is 0.874. The van der Waals surface area contributed by atoms with E-state index in [0.717, 1.165) is 17.3 Å². The predicted octanol–water partition coefficient (Wildman–Crippen LogP) is 3.23. The molecule has 0 unspecified atom stereocenters. The number of nitrogen functional groups attached to an aromatic ring is 1. The molecular formula is C9H10F3NS. The highest BCUT2D eigenvalue weighted by molar-refractivity contribution is 7.99. The number of aryl methyl sites for hydroxylation is 1. The molecule has 0 amide bonds. The molecule has 0 heterocycles. The van der Waals surface area contributed by atoms with E-state index in [-0.39, 0.29) is 0 Å². The van der Waals surface area contributed by atoms with Gasteiger partial charge in [0.25, 0.3) is 0 Å². The molecule has 2 N–H and O–H groups in total. The van der Waals surface area contributed by atoms with Crippen LogP contribution >= 0.6 is 11.8 Å². The van der Waals surface area contributed by atoms with E-state index in [1.807, 2.05) is 6.92 Å². The molecule has 1 aromatic carbocycles. The van der Waals surface area contributed by atoms with Crippen molar-refractivity contribution in [2.45, 2.75) is 18.0 Å². The minimum absolute atomic E-state index is 0.525. The molecule has 0 saturated carbocycles. The Hall–Kier alpha value is -0.840. The molecule has 0 fully saturated rings. The van der Waals surface area contributed by atoms with Crippen molar-refractivity contribution in [3.8, 4) is 0 Å². The van der Waals surface area contributed by atoms with Crippen LogP contribution in [0.5, 0.6) is 0 Å². The average molecular weight is 221 g/mol. The van der Waals surface area contributed by atoms with E-state index >= 15 is 0 Å². The molecule has 78 valence electrons. The van der Waals surface area contributed by atoms with Crippen LogP contribution in [0, 0.1) is 6.92 Å².